The van der Waals surface area contributed by atoms with Gasteiger partial charge in [-0.25, -0.2) is 9.59 Å². The van der Waals surface area contributed by atoms with Crippen molar-refractivity contribution in [3.8, 4) is 0 Å². The Labute approximate surface area is 138 Å². The number of aliphatic hydroxyl groups excluding tert-OH is 1. The monoisotopic (exact) mass is 342 g/mol. The molecule has 2 atom stereocenters. The number of rotatable bonds is 6. The van der Waals surface area contributed by atoms with E-state index < -0.39 is 38.2 Å². The van der Waals surface area contributed by atoms with Crippen LogP contribution in [0.3, 0.4) is 0 Å². The second kappa shape index (κ2) is 6.88. The van der Waals surface area contributed by atoms with E-state index in [9.17, 15) is 14.7 Å². The molecule has 23 heavy (non-hydrogen) atoms. The van der Waals surface area contributed by atoms with Gasteiger partial charge >= 0.3 is 11.9 Å². The van der Waals surface area contributed by atoms with Gasteiger partial charge in [-0.3, -0.25) is 0 Å². The Kier molecular flexibility index (Phi) is 5.82. The molecule has 1 N–H and O–H groups in total. The first-order chi connectivity index (χ1) is 10.4. The molecule has 0 aromatic rings. The molecule has 1 aliphatic heterocycles. The molecule has 1 rings (SSSR count). The van der Waals surface area contributed by atoms with Crippen LogP contribution in [-0.2, 0) is 23.5 Å². The molecule has 7 heteroatoms. The lowest BCUT2D eigenvalue weighted by atomic mass is 10.0. The summed E-state index contributed by atoms with van der Waals surface area (Å²) >= 11 is 0. The fourth-order valence-corrected chi connectivity index (χ4v) is 3.27. The van der Waals surface area contributed by atoms with E-state index in [1.807, 2.05) is 0 Å². The maximum absolute atomic E-state index is 11.8. The zero-order chi connectivity index (χ0) is 18.0. The van der Waals surface area contributed by atoms with Gasteiger partial charge in [-0.1, -0.05) is 26.8 Å². The van der Waals surface area contributed by atoms with Crippen LogP contribution in [0.5, 0.6) is 0 Å². The minimum Gasteiger partial charge on any atom is -0.501 e. The van der Waals surface area contributed by atoms with Crippen LogP contribution in [0.2, 0.25) is 18.1 Å². The molecule has 1 heterocycles. The predicted molar refractivity (Wildman–Crippen MR) is 88.4 cm³/mol. The third kappa shape index (κ3) is 4.23. The zero-order valence-corrected chi connectivity index (χ0v) is 15.6. The molecule has 0 spiro atoms. The number of aliphatic hydroxyl groups is 1. The first-order valence-electron chi connectivity index (χ1n) is 7.47. The Morgan fingerprint density at radius 2 is 2.04 bits per heavy atom. The molecule has 0 radical (unpaired) electrons. The lowest BCUT2D eigenvalue weighted by Crippen LogP contribution is -2.44. The highest BCUT2D eigenvalue weighted by Gasteiger charge is 2.43. The smallest absolute Gasteiger partial charge is 0.374 e. The molecule has 130 valence electrons. The van der Waals surface area contributed by atoms with E-state index in [0.29, 0.717) is 0 Å². The Morgan fingerprint density at radius 3 is 2.48 bits per heavy atom. The zero-order valence-electron chi connectivity index (χ0n) is 14.6. The molecule has 0 bridgehead atoms. The van der Waals surface area contributed by atoms with Gasteiger partial charge in [0, 0.05) is 6.42 Å². The average molecular weight is 342 g/mol. The summed E-state index contributed by atoms with van der Waals surface area (Å²) in [5.74, 6) is -2.41. The van der Waals surface area contributed by atoms with E-state index >= 15 is 0 Å². The Morgan fingerprint density at radius 1 is 1.48 bits per heavy atom. The Bertz CT molecular complexity index is 529. The minimum atomic E-state index is -2.06. The summed E-state index contributed by atoms with van der Waals surface area (Å²) in [7, 11) is -0.879. The standard InChI is InChI=1S/C16H26O6Si/c1-8-10(22-23(6,7)16(2,3)4)9-11-12(14(18)20-5)13(17)15(19)21-11/h8,10-11,17H,1,9H2,2-7H3/t10?,11-/m1/s1. The van der Waals surface area contributed by atoms with Crippen LogP contribution >= 0.6 is 0 Å². The molecule has 1 aliphatic rings. The topological polar surface area (TPSA) is 82.1 Å². The maximum Gasteiger partial charge on any atom is 0.374 e. The number of carbonyl (C=O) groups is 2. The van der Waals surface area contributed by atoms with E-state index in [-0.39, 0.29) is 17.0 Å². The number of methoxy groups -OCH3 is 1. The van der Waals surface area contributed by atoms with Gasteiger partial charge in [0.2, 0.25) is 5.76 Å². The van der Waals surface area contributed by atoms with E-state index in [1.54, 1.807) is 6.08 Å². The van der Waals surface area contributed by atoms with E-state index in [1.165, 1.54) is 7.11 Å². The van der Waals surface area contributed by atoms with Crippen LogP contribution in [0.25, 0.3) is 0 Å². The van der Waals surface area contributed by atoms with Crippen molar-refractivity contribution < 1.29 is 28.6 Å². The average Bonchev–Trinajstić information content (AvgIpc) is 2.70. The highest BCUT2D eigenvalue weighted by atomic mass is 28.4. The van der Waals surface area contributed by atoms with E-state index in [4.69, 9.17) is 9.16 Å². The number of cyclic esters (lactones) is 1. The third-order valence-electron chi connectivity index (χ3n) is 4.39. The van der Waals surface area contributed by atoms with E-state index in [2.05, 4.69) is 45.2 Å². The van der Waals surface area contributed by atoms with Crippen LogP contribution in [0.4, 0.5) is 0 Å². The number of ether oxygens (including phenoxy) is 2. The van der Waals surface area contributed by atoms with Gasteiger partial charge < -0.3 is 19.0 Å². The van der Waals surface area contributed by atoms with Crippen molar-refractivity contribution in [2.45, 2.75) is 57.5 Å². The highest BCUT2D eigenvalue weighted by Crippen LogP contribution is 2.38. The number of hydrogen-bond acceptors (Lipinski definition) is 6. The molecule has 1 unspecified atom stereocenters. The summed E-state index contributed by atoms with van der Waals surface area (Å²) < 4.78 is 15.9. The number of esters is 2. The lowest BCUT2D eigenvalue weighted by Gasteiger charge is -2.39. The molecular formula is C16H26O6Si. The number of hydrogen-bond donors (Lipinski definition) is 1. The predicted octanol–water partition coefficient (Wildman–Crippen LogP) is 2.86. The Hall–Kier alpha value is -1.60. The Balaban J connectivity index is 2.94. The maximum atomic E-state index is 11.8. The summed E-state index contributed by atoms with van der Waals surface area (Å²) in [5, 5.41) is 9.73. The van der Waals surface area contributed by atoms with Crippen molar-refractivity contribution >= 4 is 20.3 Å². The summed E-state index contributed by atoms with van der Waals surface area (Å²) in [6, 6.07) is 0. The largest absolute Gasteiger partial charge is 0.501 e. The second-order valence-electron chi connectivity index (χ2n) is 7.04. The number of carbonyl (C=O) groups excluding carboxylic acids is 2. The molecule has 0 aliphatic carbocycles. The molecule has 6 nitrogen and oxygen atoms in total. The van der Waals surface area contributed by atoms with Gasteiger partial charge in [0.1, 0.15) is 11.7 Å². The SMILES string of the molecule is C=CC(C[C@H]1OC(=O)C(O)=C1C(=O)OC)O[Si](C)(C)C(C)(C)C. The quantitative estimate of drug-likeness (QED) is 0.454. The van der Waals surface area contributed by atoms with Crippen molar-refractivity contribution in [1.82, 2.24) is 0 Å². The van der Waals surface area contributed by atoms with Gasteiger partial charge in [-0.2, -0.15) is 0 Å². The third-order valence-corrected chi connectivity index (χ3v) is 8.89. The van der Waals surface area contributed by atoms with Crippen molar-refractivity contribution in [2.24, 2.45) is 0 Å². The fourth-order valence-electron chi connectivity index (χ4n) is 1.97. The van der Waals surface area contributed by atoms with Crippen LogP contribution in [-0.4, -0.2) is 44.7 Å². The summed E-state index contributed by atoms with van der Waals surface area (Å²) in [6.07, 6.45) is 0.524. The molecule has 0 saturated heterocycles. The van der Waals surface area contributed by atoms with Crippen molar-refractivity contribution in [3.63, 3.8) is 0 Å². The van der Waals surface area contributed by atoms with Crippen LogP contribution < -0.4 is 0 Å². The van der Waals surface area contributed by atoms with Gasteiger partial charge in [0.25, 0.3) is 0 Å². The van der Waals surface area contributed by atoms with Gasteiger partial charge in [0.15, 0.2) is 8.32 Å². The lowest BCUT2D eigenvalue weighted by molar-refractivity contribution is -0.143. The van der Waals surface area contributed by atoms with Gasteiger partial charge in [0.05, 0.1) is 13.2 Å². The van der Waals surface area contributed by atoms with Crippen LogP contribution in [0.15, 0.2) is 24.0 Å². The van der Waals surface area contributed by atoms with Crippen LogP contribution in [0, 0.1) is 0 Å². The van der Waals surface area contributed by atoms with Crippen molar-refractivity contribution in [1.29, 1.82) is 0 Å². The molecule has 0 aromatic carbocycles. The van der Waals surface area contributed by atoms with Crippen LogP contribution in [0.1, 0.15) is 27.2 Å². The second-order valence-corrected chi connectivity index (χ2v) is 11.8. The summed E-state index contributed by atoms with van der Waals surface area (Å²) in [5.41, 5.74) is -0.164. The fraction of sp³-hybridized carbons (Fsp3) is 0.625. The first kappa shape index (κ1) is 19.4. The van der Waals surface area contributed by atoms with Gasteiger partial charge in [-0.15, -0.1) is 6.58 Å². The summed E-state index contributed by atoms with van der Waals surface area (Å²) in [4.78, 5) is 23.3. The first-order valence-corrected chi connectivity index (χ1v) is 10.4. The highest BCUT2D eigenvalue weighted by molar-refractivity contribution is 6.74. The normalized spacial score (nSPS) is 20.3. The molecular weight excluding hydrogens is 316 g/mol. The summed E-state index contributed by atoms with van der Waals surface area (Å²) in [6.45, 7) is 14.3. The molecule has 0 aromatic heterocycles. The molecule has 0 saturated carbocycles. The van der Waals surface area contributed by atoms with Gasteiger partial charge in [-0.05, 0) is 18.1 Å². The van der Waals surface area contributed by atoms with Crippen molar-refractivity contribution in [3.05, 3.63) is 24.0 Å². The van der Waals surface area contributed by atoms with Crippen molar-refractivity contribution in [2.75, 3.05) is 7.11 Å². The van der Waals surface area contributed by atoms with E-state index in [0.717, 1.165) is 0 Å². The minimum absolute atomic E-state index is 0.00374. The molecule has 0 fully saturated rings. The molecule has 0 amide bonds.